The van der Waals surface area contributed by atoms with E-state index in [0.29, 0.717) is 11.8 Å². The number of aromatic nitrogens is 1. The highest BCUT2D eigenvalue weighted by atomic mass is 16.3. The Hall–Kier alpha value is -2.85. The fourth-order valence-electron chi connectivity index (χ4n) is 3.86. The molecule has 4 nitrogen and oxygen atoms in total. The fraction of sp³-hybridized carbons (Fsp3) is 0.261. The predicted molar refractivity (Wildman–Crippen MR) is 110 cm³/mol. The highest BCUT2D eigenvalue weighted by Gasteiger charge is 2.24. The van der Waals surface area contributed by atoms with Gasteiger partial charge in [-0.15, -0.1) is 0 Å². The second-order valence-corrected chi connectivity index (χ2v) is 7.38. The first-order chi connectivity index (χ1) is 13.1. The molecule has 1 aliphatic heterocycles. The molecule has 0 saturated heterocycles. The first-order valence-corrected chi connectivity index (χ1v) is 9.36. The van der Waals surface area contributed by atoms with Crippen LogP contribution in [0.3, 0.4) is 0 Å². The van der Waals surface area contributed by atoms with Crippen molar-refractivity contribution in [1.29, 1.82) is 0 Å². The van der Waals surface area contributed by atoms with Crippen molar-refractivity contribution in [2.24, 2.45) is 0 Å². The summed E-state index contributed by atoms with van der Waals surface area (Å²) in [6, 6.07) is 18.8. The van der Waals surface area contributed by atoms with Crippen LogP contribution in [0.4, 0.5) is 5.69 Å². The van der Waals surface area contributed by atoms with Gasteiger partial charge in [-0.2, -0.15) is 0 Å². The SMILES string of the molecule is C[C@@H]1CN(C)c2cc(-c3ccncc3)ccc2CN1Cc1cccc(O)c1. The number of nitrogens with zero attached hydrogens (tertiary/aromatic N) is 3. The first-order valence-electron chi connectivity index (χ1n) is 9.36. The normalized spacial score (nSPS) is 17.4. The molecule has 0 saturated carbocycles. The predicted octanol–water partition coefficient (Wildman–Crippen LogP) is 4.29. The van der Waals surface area contributed by atoms with Crippen molar-refractivity contribution in [2.45, 2.75) is 26.1 Å². The van der Waals surface area contributed by atoms with E-state index in [2.05, 4.69) is 65.2 Å². The monoisotopic (exact) mass is 359 g/mol. The molecule has 0 amide bonds. The summed E-state index contributed by atoms with van der Waals surface area (Å²) in [6.07, 6.45) is 3.67. The number of pyridine rings is 1. The minimum Gasteiger partial charge on any atom is -0.508 e. The van der Waals surface area contributed by atoms with Gasteiger partial charge in [-0.25, -0.2) is 0 Å². The van der Waals surface area contributed by atoms with E-state index >= 15 is 0 Å². The molecule has 2 heterocycles. The Kier molecular flexibility index (Phi) is 4.82. The third-order valence-electron chi connectivity index (χ3n) is 5.34. The second-order valence-electron chi connectivity index (χ2n) is 7.38. The van der Waals surface area contributed by atoms with Crippen molar-refractivity contribution in [3.8, 4) is 16.9 Å². The second kappa shape index (κ2) is 7.41. The van der Waals surface area contributed by atoms with Gasteiger partial charge in [0.25, 0.3) is 0 Å². The van der Waals surface area contributed by atoms with Gasteiger partial charge >= 0.3 is 0 Å². The molecule has 0 bridgehead atoms. The van der Waals surface area contributed by atoms with Crippen LogP contribution in [0.5, 0.6) is 5.75 Å². The van der Waals surface area contributed by atoms with E-state index in [1.165, 1.54) is 22.4 Å². The Labute approximate surface area is 160 Å². The number of aromatic hydroxyl groups is 1. The molecular formula is C23H25N3O. The number of likely N-dealkylation sites (N-methyl/N-ethyl adjacent to an activating group) is 1. The van der Waals surface area contributed by atoms with Crippen molar-refractivity contribution in [1.82, 2.24) is 9.88 Å². The molecule has 0 spiro atoms. The van der Waals surface area contributed by atoms with Crippen LogP contribution in [0, 0.1) is 0 Å². The van der Waals surface area contributed by atoms with Crippen molar-refractivity contribution < 1.29 is 5.11 Å². The zero-order valence-electron chi connectivity index (χ0n) is 15.8. The molecule has 1 aromatic heterocycles. The zero-order chi connectivity index (χ0) is 18.8. The Morgan fingerprint density at radius 2 is 1.85 bits per heavy atom. The number of hydrogen-bond acceptors (Lipinski definition) is 4. The molecule has 1 N–H and O–H groups in total. The van der Waals surface area contributed by atoms with Crippen LogP contribution in [0.15, 0.2) is 67.0 Å². The molecule has 3 aromatic rings. The standard InChI is InChI=1S/C23H25N3O/c1-17-14-25(2)23-13-20(19-8-10-24-11-9-19)6-7-21(23)16-26(17)15-18-4-3-5-22(27)12-18/h3-13,17,27H,14-16H2,1-2H3/t17-/m1/s1. The van der Waals surface area contributed by atoms with E-state index in [9.17, 15) is 5.11 Å². The molecule has 0 fully saturated rings. The van der Waals surface area contributed by atoms with Crippen LogP contribution in [0.1, 0.15) is 18.1 Å². The van der Waals surface area contributed by atoms with Gasteiger partial charge in [0.15, 0.2) is 0 Å². The molecule has 0 unspecified atom stereocenters. The largest absolute Gasteiger partial charge is 0.508 e. The van der Waals surface area contributed by atoms with Crippen LogP contribution < -0.4 is 4.90 Å². The summed E-state index contributed by atoms with van der Waals surface area (Å²) in [6.45, 7) is 4.96. The van der Waals surface area contributed by atoms with Gasteiger partial charge in [0.1, 0.15) is 5.75 Å². The molecule has 1 atom stereocenters. The van der Waals surface area contributed by atoms with Gasteiger partial charge < -0.3 is 10.0 Å². The molecule has 0 radical (unpaired) electrons. The number of hydrogen-bond donors (Lipinski definition) is 1. The topological polar surface area (TPSA) is 39.6 Å². The fourth-order valence-corrected chi connectivity index (χ4v) is 3.86. The number of benzene rings is 2. The van der Waals surface area contributed by atoms with Gasteiger partial charge in [-0.3, -0.25) is 9.88 Å². The maximum absolute atomic E-state index is 9.77. The third kappa shape index (κ3) is 3.81. The summed E-state index contributed by atoms with van der Waals surface area (Å²) in [7, 11) is 2.17. The number of fused-ring (bicyclic) bond motifs is 1. The van der Waals surface area contributed by atoms with Crippen molar-refractivity contribution >= 4 is 5.69 Å². The molecule has 0 aliphatic carbocycles. The van der Waals surface area contributed by atoms with E-state index in [1.807, 2.05) is 24.5 Å². The van der Waals surface area contributed by atoms with E-state index in [-0.39, 0.29) is 0 Å². The van der Waals surface area contributed by atoms with E-state index < -0.39 is 0 Å². The molecule has 4 heteroatoms. The average molecular weight is 359 g/mol. The summed E-state index contributed by atoms with van der Waals surface area (Å²) >= 11 is 0. The van der Waals surface area contributed by atoms with E-state index in [0.717, 1.165) is 25.2 Å². The summed E-state index contributed by atoms with van der Waals surface area (Å²) in [4.78, 5) is 8.95. The van der Waals surface area contributed by atoms with Gasteiger partial charge in [-0.1, -0.05) is 24.3 Å². The zero-order valence-corrected chi connectivity index (χ0v) is 15.8. The lowest BCUT2D eigenvalue weighted by molar-refractivity contribution is 0.199. The number of anilines is 1. The Morgan fingerprint density at radius 3 is 2.63 bits per heavy atom. The van der Waals surface area contributed by atoms with Crippen LogP contribution in [-0.4, -0.2) is 34.6 Å². The highest BCUT2D eigenvalue weighted by molar-refractivity contribution is 5.70. The van der Waals surface area contributed by atoms with E-state index in [4.69, 9.17) is 0 Å². The molecule has 1 aliphatic rings. The minimum atomic E-state index is 0.328. The summed E-state index contributed by atoms with van der Waals surface area (Å²) in [5.41, 5.74) is 6.17. The third-order valence-corrected chi connectivity index (χ3v) is 5.34. The van der Waals surface area contributed by atoms with Gasteiger partial charge in [0, 0.05) is 50.8 Å². The molecule has 4 rings (SSSR count). The Morgan fingerprint density at radius 1 is 1.04 bits per heavy atom. The minimum absolute atomic E-state index is 0.328. The lowest BCUT2D eigenvalue weighted by Crippen LogP contribution is -2.37. The number of phenols is 1. The lowest BCUT2D eigenvalue weighted by Gasteiger charge is -2.28. The Bertz CT molecular complexity index is 926. The van der Waals surface area contributed by atoms with Crippen LogP contribution in [0.25, 0.3) is 11.1 Å². The maximum Gasteiger partial charge on any atom is 0.115 e. The van der Waals surface area contributed by atoms with Crippen molar-refractivity contribution in [3.63, 3.8) is 0 Å². The van der Waals surface area contributed by atoms with Crippen molar-refractivity contribution in [3.05, 3.63) is 78.1 Å². The quantitative estimate of drug-likeness (QED) is 0.757. The molecule has 138 valence electrons. The van der Waals surface area contributed by atoms with Crippen LogP contribution in [-0.2, 0) is 13.1 Å². The van der Waals surface area contributed by atoms with Gasteiger partial charge in [0.2, 0.25) is 0 Å². The number of phenolic OH excluding ortho intramolecular Hbond substituents is 1. The molecule has 27 heavy (non-hydrogen) atoms. The maximum atomic E-state index is 9.77. The highest BCUT2D eigenvalue weighted by Crippen LogP contribution is 2.32. The number of rotatable bonds is 3. The lowest BCUT2D eigenvalue weighted by atomic mass is 10.0. The summed E-state index contributed by atoms with van der Waals surface area (Å²) in [5.74, 6) is 0.328. The van der Waals surface area contributed by atoms with Gasteiger partial charge in [0.05, 0.1) is 0 Å². The summed E-state index contributed by atoms with van der Waals surface area (Å²) < 4.78 is 0. The first kappa shape index (κ1) is 17.6. The molecular weight excluding hydrogens is 334 g/mol. The summed E-state index contributed by atoms with van der Waals surface area (Å²) in [5, 5.41) is 9.77. The van der Waals surface area contributed by atoms with Crippen LogP contribution >= 0.6 is 0 Å². The Balaban J connectivity index is 1.63. The molecule has 2 aromatic carbocycles. The smallest absolute Gasteiger partial charge is 0.115 e. The van der Waals surface area contributed by atoms with Gasteiger partial charge in [-0.05, 0) is 59.5 Å². The van der Waals surface area contributed by atoms with Crippen LogP contribution in [0.2, 0.25) is 0 Å². The van der Waals surface area contributed by atoms with Crippen molar-refractivity contribution in [2.75, 3.05) is 18.5 Å². The average Bonchev–Trinajstić information content (AvgIpc) is 2.79. The van der Waals surface area contributed by atoms with E-state index in [1.54, 1.807) is 6.07 Å².